The Bertz CT molecular complexity index is 504. The van der Waals surface area contributed by atoms with Crippen LogP contribution in [-0.4, -0.2) is 25.0 Å². The van der Waals surface area contributed by atoms with Crippen LogP contribution in [0.2, 0.25) is 0 Å². The summed E-state index contributed by atoms with van der Waals surface area (Å²) >= 11 is 0. The van der Waals surface area contributed by atoms with Crippen LogP contribution >= 0.6 is 0 Å². The summed E-state index contributed by atoms with van der Waals surface area (Å²) < 4.78 is 52.7. The zero-order chi connectivity index (χ0) is 14.3. The van der Waals surface area contributed by atoms with Gasteiger partial charge in [0.1, 0.15) is 11.2 Å². The summed E-state index contributed by atoms with van der Waals surface area (Å²) in [4.78, 5) is 12.2. The Morgan fingerprint density at radius 1 is 1.37 bits per heavy atom. The Morgan fingerprint density at radius 2 is 2.05 bits per heavy atom. The topological polar surface area (TPSA) is 29.1 Å². The van der Waals surface area contributed by atoms with Crippen molar-refractivity contribution in [1.82, 2.24) is 5.32 Å². The average molecular weight is 275 g/mol. The van der Waals surface area contributed by atoms with E-state index in [9.17, 15) is 22.4 Å². The SMILES string of the molecule is Cc1cc(C(=O)C2(C(F)(F)F)CCNC2)ccc1F. The minimum atomic E-state index is -4.62. The fourth-order valence-electron chi connectivity index (χ4n) is 2.32. The first-order valence-corrected chi connectivity index (χ1v) is 5.86. The van der Waals surface area contributed by atoms with E-state index in [1.165, 1.54) is 13.0 Å². The molecule has 1 aromatic carbocycles. The van der Waals surface area contributed by atoms with Crippen LogP contribution in [0.4, 0.5) is 17.6 Å². The van der Waals surface area contributed by atoms with Crippen molar-refractivity contribution in [3.05, 3.63) is 35.1 Å². The molecule has 1 fully saturated rings. The van der Waals surface area contributed by atoms with Crippen molar-refractivity contribution in [1.29, 1.82) is 0 Å². The smallest absolute Gasteiger partial charge is 0.315 e. The maximum atomic E-state index is 13.2. The number of Topliss-reactive ketones (excluding diaryl/α,β-unsaturated/α-hetero) is 1. The monoisotopic (exact) mass is 275 g/mol. The molecule has 0 bridgehead atoms. The minimum absolute atomic E-state index is 0.0973. The molecule has 1 aliphatic rings. The van der Waals surface area contributed by atoms with Gasteiger partial charge in [0, 0.05) is 12.1 Å². The van der Waals surface area contributed by atoms with E-state index in [-0.39, 0.29) is 24.1 Å². The molecule has 0 saturated carbocycles. The van der Waals surface area contributed by atoms with Crippen LogP contribution in [0.5, 0.6) is 0 Å². The van der Waals surface area contributed by atoms with Gasteiger partial charge in [-0.15, -0.1) is 0 Å². The molecule has 19 heavy (non-hydrogen) atoms. The van der Waals surface area contributed by atoms with Gasteiger partial charge < -0.3 is 5.32 Å². The highest BCUT2D eigenvalue weighted by Crippen LogP contribution is 2.45. The lowest BCUT2D eigenvalue weighted by Crippen LogP contribution is -2.46. The molecule has 0 amide bonds. The van der Waals surface area contributed by atoms with E-state index < -0.39 is 29.7 Å². The number of ketones is 1. The molecular weight excluding hydrogens is 262 g/mol. The lowest BCUT2D eigenvalue weighted by Gasteiger charge is -2.29. The van der Waals surface area contributed by atoms with E-state index in [1.54, 1.807) is 0 Å². The van der Waals surface area contributed by atoms with Crippen molar-refractivity contribution in [3.8, 4) is 0 Å². The maximum absolute atomic E-state index is 13.2. The highest BCUT2D eigenvalue weighted by Gasteiger charge is 2.61. The van der Waals surface area contributed by atoms with Gasteiger partial charge in [0.15, 0.2) is 5.78 Å². The molecular formula is C13H13F4NO. The largest absolute Gasteiger partial charge is 0.402 e. The molecule has 6 heteroatoms. The number of halogens is 4. The number of aryl methyl sites for hydroxylation is 1. The number of nitrogens with one attached hydrogen (secondary N) is 1. The molecule has 1 unspecified atom stereocenters. The van der Waals surface area contributed by atoms with Crippen LogP contribution in [0.1, 0.15) is 22.3 Å². The van der Waals surface area contributed by atoms with Gasteiger partial charge in [-0.3, -0.25) is 4.79 Å². The van der Waals surface area contributed by atoms with Crippen molar-refractivity contribution in [2.45, 2.75) is 19.5 Å². The summed E-state index contributed by atoms with van der Waals surface area (Å²) in [6.45, 7) is 1.14. The quantitative estimate of drug-likeness (QED) is 0.664. The van der Waals surface area contributed by atoms with Crippen LogP contribution in [0.3, 0.4) is 0 Å². The van der Waals surface area contributed by atoms with Gasteiger partial charge in [0.25, 0.3) is 0 Å². The van der Waals surface area contributed by atoms with E-state index in [0.29, 0.717) is 0 Å². The molecule has 1 aromatic rings. The van der Waals surface area contributed by atoms with Gasteiger partial charge >= 0.3 is 6.18 Å². The first-order chi connectivity index (χ1) is 8.78. The van der Waals surface area contributed by atoms with E-state index in [2.05, 4.69) is 5.32 Å². The van der Waals surface area contributed by atoms with Gasteiger partial charge in [-0.25, -0.2) is 4.39 Å². The van der Waals surface area contributed by atoms with Gasteiger partial charge in [-0.05, 0) is 43.7 Å². The Morgan fingerprint density at radius 3 is 2.53 bits per heavy atom. The molecule has 1 saturated heterocycles. The number of benzene rings is 1. The van der Waals surface area contributed by atoms with E-state index >= 15 is 0 Å². The molecule has 0 aromatic heterocycles. The Balaban J connectivity index is 2.43. The lowest BCUT2D eigenvalue weighted by atomic mass is 9.78. The van der Waals surface area contributed by atoms with Crippen molar-refractivity contribution >= 4 is 5.78 Å². The third kappa shape index (κ3) is 2.25. The summed E-state index contributed by atoms with van der Waals surface area (Å²) in [6.07, 6.45) is -4.90. The van der Waals surface area contributed by atoms with E-state index in [0.717, 1.165) is 12.1 Å². The lowest BCUT2D eigenvalue weighted by molar-refractivity contribution is -0.197. The van der Waals surface area contributed by atoms with Crippen molar-refractivity contribution in [3.63, 3.8) is 0 Å². The minimum Gasteiger partial charge on any atom is -0.315 e. The summed E-state index contributed by atoms with van der Waals surface area (Å²) in [6, 6.07) is 3.30. The van der Waals surface area contributed by atoms with Crippen LogP contribution in [0, 0.1) is 18.2 Å². The molecule has 0 aliphatic carbocycles. The molecule has 0 spiro atoms. The third-order valence-electron chi connectivity index (χ3n) is 3.55. The zero-order valence-corrected chi connectivity index (χ0v) is 10.3. The van der Waals surface area contributed by atoms with Crippen molar-refractivity contribution in [2.24, 2.45) is 5.41 Å². The van der Waals surface area contributed by atoms with Crippen LogP contribution in [0.15, 0.2) is 18.2 Å². The predicted octanol–water partition coefficient (Wildman–Crippen LogP) is 2.86. The zero-order valence-electron chi connectivity index (χ0n) is 10.3. The number of hydrogen-bond acceptors (Lipinski definition) is 2. The Kier molecular flexibility index (Phi) is 3.38. The summed E-state index contributed by atoms with van der Waals surface area (Å²) in [5.74, 6) is -1.53. The first kappa shape index (κ1) is 14.0. The van der Waals surface area contributed by atoms with E-state index in [1.807, 2.05) is 0 Å². The number of alkyl halides is 3. The van der Waals surface area contributed by atoms with Gasteiger partial charge in [-0.1, -0.05) is 0 Å². The molecule has 1 aliphatic heterocycles. The Hall–Kier alpha value is -1.43. The van der Waals surface area contributed by atoms with Crippen molar-refractivity contribution < 1.29 is 22.4 Å². The molecule has 1 heterocycles. The summed E-state index contributed by atoms with van der Waals surface area (Å²) in [7, 11) is 0. The van der Waals surface area contributed by atoms with E-state index in [4.69, 9.17) is 0 Å². The summed E-state index contributed by atoms with van der Waals surface area (Å²) in [5, 5.41) is 2.58. The fraction of sp³-hybridized carbons (Fsp3) is 0.462. The second kappa shape index (κ2) is 4.59. The molecule has 2 rings (SSSR count). The number of carbonyl (C=O) groups is 1. The van der Waals surface area contributed by atoms with Gasteiger partial charge in [0.05, 0.1) is 0 Å². The predicted molar refractivity (Wildman–Crippen MR) is 61.4 cm³/mol. The number of hydrogen-bond donors (Lipinski definition) is 1. The maximum Gasteiger partial charge on any atom is 0.402 e. The van der Waals surface area contributed by atoms with Crippen LogP contribution < -0.4 is 5.32 Å². The summed E-state index contributed by atoms with van der Waals surface area (Å²) in [5.41, 5.74) is -2.33. The Labute approximate surface area is 107 Å². The highest BCUT2D eigenvalue weighted by molar-refractivity contribution is 6.01. The normalized spacial score (nSPS) is 23.6. The first-order valence-electron chi connectivity index (χ1n) is 5.86. The average Bonchev–Trinajstić information content (AvgIpc) is 2.81. The second-order valence-corrected chi connectivity index (χ2v) is 4.80. The number of rotatable bonds is 2. The third-order valence-corrected chi connectivity index (χ3v) is 3.55. The van der Waals surface area contributed by atoms with Gasteiger partial charge in [0.2, 0.25) is 0 Å². The molecule has 2 nitrogen and oxygen atoms in total. The highest BCUT2D eigenvalue weighted by atomic mass is 19.4. The standard InChI is InChI=1S/C13H13F4NO/c1-8-6-9(2-3-10(8)14)11(19)12(13(15,16)17)4-5-18-7-12/h2-3,6,18H,4-5,7H2,1H3. The molecule has 104 valence electrons. The molecule has 1 atom stereocenters. The van der Waals surface area contributed by atoms with Gasteiger partial charge in [-0.2, -0.15) is 13.2 Å². The second-order valence-electron chi connectivity index (χ2n) is 4.80. The number of carbonyl (C=O) groups excluding carboxylic acids is 1. The van der Waals surface area contributed by atoms with Crippen molar-refractivity contribution in [2.75, 3.05) is 13.1 Å². The molecule has 1 N–H and O–H groups in total. The molecule has 0 radical (unpaired) electrons. The van der Waals surface area contributed by atoms with Crippen LogP contribution in [0.25, 0.3) is 0 Å². The fourth-order valence-corrected chi connectivity index (χ4v) is 2.32. The van der Waals surface area contributed by atoms with Crippen LogP contribution in [-0.2, 0) is 0 Å².